The number of aryl methyl sites for hydroxylation is 1. The first-order valence-electron chi connectivity index (χ1n) is 10.5. The third kappa shape index (κ3) is 5.05. The van der Waals surface area contributed by atoms with E-state index in [2.05, 4.69) is 20.2 Å². The second-order valence-corrected chi connectivity index (χ2v) is 8.22. The fraction of sp³-hybridized carbons (Fsp3) is 0.409. The Bertz CT molecular complexity index is 1200. The van der Waals surface area contributed by atoms with Crippen LogP contribution in [0.5, 0.6) is 5.75 Å². The molecular weight excluding hydrogens is 457 g/mol. The normalized spacial score (nSPS) is 15.0. The number of alkyl halides is 3. The summed E-state index contributed by atoms with van der Waals surface area (Å²) in [7, 11) is 1.73. The first-order valence-corrected chi connectivity index (χ1v) is 10.8. The number of ether oxygens (including phenoxy) is 1. The van der Waals surface area contributed by atoms with Crippen LogP contribution in [0, 0.1) is 11.3 Å². The summed E-state index contributed by atoms with van der Waals surface area (Å²) in [4.78, 5) is 10.6. The van der Waals surface area contributed by atoms with Crippen LogP contribution >= 0.6 is 11.6 Å². The van der Waals surface area contributed by atoms with Gasteiger partial charge in [-0.05, 0) is 24.6 Å². The molecule has 0 radical (unpaired) electrons. The molecule has 33 heavy (non-hydrogen) atoms. The minimum absolute atomic E-state index is 0.0287. The summed E-state index contributed by atoms with van der Waals surface area (Å²) >= 11 is 6.27. The molecule has 1 aromatic carbocycles. The van der Waals surface area contributed by atoms with Crippen LogP contribution in [0.1, 0.15) is 17.7 Å². The summed E-state index contributed by atoms with van der Waals surface area (Å²) in [5.74, 6) is -0.393. The van der Waals surface area contributed by atoms with E-state index in [1.54, 1.807) is 17.7 Å². The number of halogens is 4. The molecular formula is C22H22ClF3N6O. The molecule has 0 saturated carbocycles. The van der Waals surface area contributed by atoms with Gasteiger partial charge in [0.1, 0.15) is 17.3 Å². The van der Waals surface area contributed by atoms with Crippen LogP contribution in [0.2, 0.25) is 5.02 Å². The number of aromatic nitrogens is 3. The predicted molar refractivity (Wildman–Crippen MR) is 118 cm³/mol. The van der Waals surface area contributed by atoms with Gasteiger partial charge in [-0.1, -0.05) is 11.6 Å². The number of hydrogen-bond acceptors (Lipinski definition) is 6. The number of nitrogens with one attached hydrogen (secondary N) is 1. The lowest BCUT2D eigenvalue weighted by Crippen LogP contribution is -2.44. The summed E-state index contributed by atoms with van der Waals surface area (Å²) in [5.41, 5.74) is 0.351. The second-order valence-electron chi connectivity index (χ2n) is 7.82. The molecule has 3 aromatic rings. The van der Waals surface area contributed by atoms with Crippen LogP contribution in [0.3, 0.4) is 0 Å². The topological polar surface area (TPSA) is 79.0 Å². The van der Waals surface area contributed by atoms with Crippen molar-refractivity contribution in [3.8, 4) is 23.1 Å². The van der Waals surface area contributed by atoms with E-state index >= 15 is 0 Å². The monoisotopic (exact) mass is 478 g/mol. The number of imidazole rings is 1. The lowest BCUT2D eigenvalue weighted by molar-refractivity contribution is -0.138. The summed E-state index contributed by atoms with van der Waals surface area (Å²) in [6.07, 6.45) is -2.58. The van der Waals surface area contributed by atoms with Crippen LogP contribution in [-0.2, 0) is 13.2 Å². The number of hydrogen-bond donors (Lipinski definition) is 1. The zero-order valence-electron chi connectivity index (χ0n) is 17.9. The SMILES string of the molecule is Cn1cnc2c(C#N)nc(-c3cc(Cl)c(OCCCN4CCNCC4)c(C(F)(F)F)c3)cc21. The summed E-state index contributed by atoms with van der Waals surface area (Å²) in [5, 5.41) is 12.5. The number of fused-ring (bicyclic) bond motifs is 1. The van der Waals surface area contributed by atoms with Crippen molar-refractivity contribution in [1.82, 2.24) is 24.8 Å². The van der Waals surface area contributed by atoms with E-state index in [1.165, 1.54) is 12.4 Å². The molecule has 11 heteroatoms. The first-order chi connectivity index (χ1) is 15.8. The zero-order valence-corrected chi connectivity index (χ0v) is 18.7. The fourth-order valence-electron chi connectivity index (χ4n) is 3.85. The summed E-state index contributed by atoms with van der Waals surface area (Å²) < 4.78 is 48.9. The van der Waals surface area contributed by atoms with Crippen LogP contribution in [-0.4, -0.2) is 58.8 Å². The molecule has 1 aliphatic heterocycles. The number of piperazine rings is 1. The maximum atomic E-state index is 13.9. The molecule has 7 nitrogen and oxygen atoms in total. The summed E-state index contributed by atoms with van der Waals surface area (Å²) in [6, 6.07) is 5.88. The van der Waals surface area contributed by atoms with Gasteiger partial charge >= 0.3 is 6.18 Å². The van der Waals surface area contributed by atoms with Crippen LogP contribution in [0.15, 0.2) is 24.5 Å². The number of pyridine rings is 1. The van der Waals surface area contributed by atoms with Crippen molar-refractivity contribution >= 4 is 22.6 Å². The lowest BCUT2D eigenvalue weighted by atomic mass is 10.0. The largest absolute Gasteiger partial charge is 0.491 e. The van der Waals surface area contributed by atoms with Gasteiger partial charge in [-0.25, -0.2) is 9.97 Å². The smallest absolute Gasteiger partial charge is 0.420 e. The fourth-order valence-corrected chi connectivity index (χ4v) is 4.12. The Kier molecular flexibility index (Phi) is 6.74. The average molecular weight is 479 g/mol. The van der Waals surface area contributed by atoms with E-state index in [0.29, 0.717) is 17.5 Å². The minimum atomic E-state index is -4.68. The van der Waals surface area contributed by atoms with Crippen LogP contribution < -0.4 is 10.1 Å². The quantitative estimate of drug-likeness (QED) is 0.542. The Morgan fingerprint density at radius 3 is 2.70 bits per heavy atom. The highest BCUT2D eigenvalue weighted by Gasteiger charge is 2.36. The molecule has 174 valence electrons. The molecule has 0 bridgehead atoms. The highest BCUT2D eigenvalue weighted by molar-refractivity contribution is 6.32. The highest BCUT2D eigenvalue weighted by Crippen LogP contribution is 2.43. The van der Waals surface area contributed by atoms with Gasteiger partial charge in [0.2, 0.25) is 0 Å². The second kappa shape index (κ2) is 9.55. The molecule has 2 aromatic heterocycles. The van der Waals surface area contributed by atoms with Gasteiger partial charge in [-0.2, -0.15) is 18.4 Å². The van der Waals surface area contributed by atoms with Crippen molar-refractivity contribution in [2.75, 3.05) is 39.3 Å². The molecule has 0 unspecified atom stereocenters. The Morgan fingerprint density at radius 1 is 1.24 bits per heavy atom. The van der Waals surface area contributed by atoms with Crippen molar-refractivity contribution in [2.45, 2.75) is 12.6 Å². The van der Waals surface area contributed by atoms with Crippen molar-refractivity contribution in [2.24, 2.45) is 7.05 Å². The van der Waals surface area contributed by atoms with E-state index in [1.807, 2.05) is 6.07 Å². The molecule has 0 atom stereocenters. The summed E-state index contributed by atoms with van der Waals surface area (Å²) in [6.45, 7) is 4.47. The third-order valence-corrected chi connectivity index (χ3v) is 5.82. The van der Waals surface area contributed by atoms with Crippen LogP contribution in [0.25, 0.3) is 22.3 Å². The Morgan fingerprint density at radius 2 is 2.00 bits per heavy atom. The van der Waals surface area contributed by atoms with Crippen molar-refractivity contribution in [3.05, 3.63) is 40.8 Å². The van der Waals surface area contributed by atoms with Gasteiger partial charge in [0.05, 0.1) is 34.7 Å². The van der Waals surface area contributed by atoms with Gasteiger partial charge in [0.25, 0.3) is 0 Å². The van der Waals surface area contributed by atoms with Crippen molar-refractivity contribution in [1.29, 1.82) is 5.26 Å². The third-order valence-electron chi connectivity index (χ3n) is 5.54. The molecule has 1 saturated heterocycles. The molecule has 1 aliphatic rings. The molecule has 1 N–H and O–H groups in total. The van der Waals surface area contributed by atoms with Gasteiger partial charge in [0, 0.05) is 45.3 Å². The minimum Gasteiger partial charge on any atom is -0.491 e. The lowest BCUT2D eigenvalue weighted by Gasteiger charge is -2.27. The maximum absolute atomic E-state index is 13.9. The highest BCUT2D eigenvalue weighted by atomic mass is 35.5. The van der Waals surface area contributed by atoms with E-state index in [9.17, 15) is 18.4 Å². The molecule has 0 aliphatic carbocycles. The standard InChI is InChI=1S/C22H22ClF3N6O/c1-31-13-29-20-18(12-27)30-17(11-19(20)31)14-9-15(22(24,25)26)21(16(23)10-14)33-8-2-5-32-6-3-28-4-7-32/h9-11,13,28H,2-8H2,1H3. The maximum Gasteiger partial charge on any atom is 0.420 e. The average Bonchev–Trinajstić information content (AvgIpc) is 3.17. The predicted octanol–water partition coefficient (Wildman–Crippen LogP) is 3.85. The van der Waals surface area contributed by atoms with Crippen molar-refractivity contribution in [3.63, 3.8) is 0 Å². The van der Waals surface area contributed by atoms with Crippen molar-refractivity contribution < 1.29 is 17.9 Å². The van der Waals surface area contributed by atoms with E-state index in [0.717, 1.165) is 38.8 Å². The van der Waals surface area contributed by atoms with E-state index in [-0.39, 0.29) is 28.6 Å². The van der Waals surface area contributed by atoms with Gasteiger partial charge in [-0.3, -0.25) is 0 Å². The Balaban J connectivity index is 1.62. The molecule has 0 amide bonds. The Labute approximate surface area is 193 Å². The zero-order chi connectivity index (χ0) is 23.6. The van der Waals surface area contributed by atoms with Gasteiger partial charge < -0.3 is 19.5 Å². The number of rotatable bonds is 6. The molecule has 0 spiro atoms. The first kappa shape index (κ1) is 23.3. The van der Waals surface area contributed by atoms with Crippen LogP contribution in [0.4, 0.5) is 13.2 Å². The number of nitrogens with zero attached hydrogens (tertiary/aromatic N) is 5. The molecule has 3 heterocycles. The molecule has 4 rings (SSSR count). The van der Waals surface area contributed by atoms with Gasteiger partial charge in [0.15, 0.2) is 5.69 Å². The van der Waals surface area contributed by atoms with E-state index < -0.39 is 17.5 Å². The number of nitriles is 1. The van der Waals surface area contributed by atoms with Gasteiger partial charge in [-0.15, -0.1) is 0 Å². The van der Waals surface area contributed by atoms with E-state index in [4.69, 9.17) is 16.3 Å². The Hall–Kier alpha value is -2.87. The molecule has 1 fully saturated rings. The number of benzene rings is 1.